The van der Waals surface area contributed by atoms with Crippen molar-refractivity contribution in [3.8, 4) is 5.88 Å². The fourth-order valence-corrected chi connectivity index (χ4v) is 3.92. The lowest BCUT2D eigenvalue weighted by atomic mass is 10.2. The van der Waals surface area contributed by atoms with Crippen molar-refractivity contribution in [2.75, 3.05) is 82.5 Å². The van der Waals surface area contributed by atoms with Crippen LogP contribution in [-0.4, -0.2) is 93.5 Å². The Kier molecular flexibility index (Phi) is 7.33. The van der Waals surface area contributed by atoms with Gasteiger partial charge in [-0.2, -0.15) is 4.98 Å². The van der Waals surface area contributed by atoms with Gasteiger partial charge in [-0.05, 0) is 12.1 Å². The molecule has 0 atom stereocenters. The SMILES string of the molecule is COc1nc(N2CCN(c3ccccc3F)CC2)ncc1C(=O)NCCN1CCOCC1. The first-order chi connectivity index (χ1) is 15.7. The molecule has 0 saturated carbocycles. The van der Waals surface area contributed by atoms with Crippen molar-refractivity contribution in [2.45, 2.75) is 0 Å². The van der Waals surface area contributed by atoms with Gasteiger partial charge >= 0.3 is 0 Å². The molecule has 9 nitrogen and oxygen atoms in total. The molecule has 2 aliphatic rings. The number of morpholine rings is 1. The monoisotopic (exact) mass is 444 g/mol. The summed E-state index contributed by atoms with van der Waals surface area (Å²) < 4.78 is 24.8. The Bertz CT molecular complexity index is 916. The molecule has 0 unspecified atom stereocenters. The first-order valence-corrected chi connectivity index (χ1v) is 10.9. The Balaban J connectivity index is 1.34. The van der Waals surface area contributed by atoms with Crippen LogP contribution in [0.3, 0.4) is 0 Å². The zero-order valence-corrected chi connectivity index (χ0v) is 18.3. The van der Waals surface area contributed by atoms with Crippen LogP contribution in [0.4, 0.5) is 16.0 Å². The molecule has 2 aromatic rings. The summed E-state index contributed by atoms with van der Waals surface area (Å²) in [5.74, 6) is 0.268. The number of carbonyl (C=O) groups is 1. The number of hydrogen-bond donors (Lipinski definition) is 1. The van der Waals surface area contributed by atoms with Gasteiger partial charge < -0.3 is 24.6 Å². The summed E-state index contributed by atoms with van der Waals surface area (Å²) in [4.78, 5) is 27.8. The fourth-order valence-electron chi connectivity index (χ4n) is 3.92. The molecule has 32 heavy (non-hydrogen) atoms. The van der Waals surface area contributed by atoms with Crippen molar-refractivity contribution < 1.29 is 18.7 Å². The predicted octanol–water partition coefficient (Wildman–Crippen LogP) is 1.01. The van der Waals surface area contributed by atoms with Crippen molar-refractivity contribution >= 4 is 17.5 Å². The number of aromatic nitrogens is 2. The lowest BCUT2D eigenvalue weighted by molar-refractivity contribution is 0.0383. The Labute approximate surface area is 187 Å². The van der Waals surface area contributed by atoms with Crippen molar-refractivity contribution in [1.82, 2.24) is 20.2 Å². The van der Waals surface area contributed by atoms with E-state index in [0.717, 1.165) is 32.8 Å². The molecule has 2 saturated heterocycles. The quantitative estimate of drug-likeness (QED) is 0.678. The van der Waals surface area contributed by atoms with E-state index >= 15 is 0 Å². The van der Waals surface area contributed by atoms with Crippen LogP contribution in [0.2, 0.25) is 0 Å². The topological polar surface area (TPSA) is 83.1 Å². The van der Waals surface area contributed by atoms with Crippen LogP contribution in [0.1, 0.15) is 10.4 Å². The van der Waals surface area contributed by atoms with Gasteiger partial charge in [-0.25, -0.2) is 9.37 Å². The second-order valence-electron chi connectivity index (χ2n) is 7.73. The van der Waals surface area contributed by atoms with E-state index in [1.54, 1.807) is 12.1 Å². The highest BCUT2D eigenvalue weighted by Gasteiger charge is 2.23. The smallest absolute Gasteiger partial charge is 0.258 e. The second kappa shape index (κ2) is 10.6. The van der Waals surface area contributed by atoms with Gasteiger partial charge in [0.1, 0.15) is 11.4 Å². The van der Waals surface area contributed by atoms with Crippen LogP contribution in [0.15, 0.2) is 30.5 Å². The summed E-state index contributed by atoms with van der Waals surface area (Å²) in [6.07, 6.45) is 1.51. The van der Waals surface area contributed by atoms with Crippen molar-refractivity contribution in [3.05, 3.63) is 41.8 Å². The average Bonchev–Trinajstić information content (AvgIpc) is 2.84. The number of nitrogens with zero attached hydrogens (tertiary/aromatic N) is 5. The minimum Gasteiger partial charge on any atom is -0.480 e. The van der Waals surface area contributed by atoms with E-state index in [4.69, 9.17) is 9.47 Å². The van der Waals surface area contributed by atoms with Gasteiger partial charge in [0, 0.05) is 58.6 Å². The van der Waals surface area contributed by atoms with Gasteiger partial charge in [-0.15, -0.1) is 0 Å². The number of benzene rings is 1. The van der Waals surface area contributed by atoms with E-state index in [9.17, 15) is 9.18 Å². The molecule has 0 spiro atoms. The number of ether oxygens (including phenoxy) is 2. The van der Waals surface area contributed by atoms with Crippen LogP contribution < -0.4 is 19.9 Å². The zero-order chi connectivity index (χ0) is 22.3. The van der Waals surface area contributed by atoms with Crippen LogP contribution in [0.25, 0.3) is 0 Å². The molecule has 0 aliphatic carbocycles. The molecule has 0 radical (unpaired) electrons. The summed E-state index contributed by atoms with van der Waals surface area (Å²) >= 11 is 0. The van der Waals surface area contributed by atoms with Crippen molar-refractivity contribution in [1.29, 1.82) is 0 Å². The summed E-state index contributed by atoms with van der Waals surface area (Å²) in [7, 11) is 1.49. The third-order valence-electron chi connectivity index (χ3n) is 5.75. The lowest BCUT2D eigenvalue weighted by Gasteiger charge is -2.36. The van der Waals surface area contributed by atoms with Crippen molar-refractivity contribution in [2.24, 2.45) is 0 Å². The highest BCUT2D eigenvalue weighted by Crippen LogP contribution is 2.23. The number of amides is 1. The van der Waals surface area contributed by atoms with Gasteiger partial charge in [0.25, 0.3) is 5.91 Å². The first kappa shape index (κ1) is 22.2. The molecular weight excluding hydrogens is 415 g/mol. The summed E-state index contributed by atoms with van der Waals surface area (Å²) in [5.41, 5.74) is 0.915. The van der Waals surface area contributed by atoms with E-state index in [-0.39, 0.29) is 17.6 Å². The molecular formula is C22H29FN6O3. The fraction of sp³-hybridized carbons (Fsp3) is 0.500. The van der Waals surface area contributed by atoms with Crippen LogP contribution in [0.5, 0.6) is 5.88 Å². The van der Waals surface area contributed by atoms with Crippen LogP contribution in [0, 0.1) is 5.82 Å². The number of halogens is 1. The van der Waals surface area contributed by atoms with Crippen LogP contribution >= 0.6 is 0 Å². The number of rotatable bonds is 7. The maximum absolute atomic E-state index is 14.1. The average molecular weight is 445 g/mol. The van der Waals surface area contributed by atoms with Gasteiger partial charge in [0.2, 0.25) is 11.8 Å². The summed E-state index contributed by atoms with van der Waals surface area (Å²) in [6, 6.07) is 6.79. The maximum atomic E-state index is 14.1. The number of para-hydroxylation sites is 1. The van der Waals surface area contributed by atoms with Gasteiger partial charge in [0.15, 0.2) is 0 Å². The Morgan fingerprint density at radius 1 is 1.12 bits per heavy atom. The lowest BCUT2D eigenvalue weighted by Crippen LogP contribution is -2.47. The highest BCUT2D eigenvalue weighted by molar-refractivity contribution is 5.96. The van der Waals surface area contributed by atoms with Gasteiger partial charge in [-0.3, -0.25) is 9.69 Å². The molecule has 1 amide bonds. The normalized spacial score (nSPS) is 17.3. The minimum absolute atomic E-state index is 0.220. The van der Waals surface area contributed by atoms with E-state index < -0.39 is 0 Å². The minimum atomic E-state index is -0.258. The number of piperazine rings is 1. The standard InChI is InChI=1S/C22H29FN6O3/c1-31-21-17(20(30)24-6-7-27-12-14-32-15-13-27)16-25-22(26-21)29-10-8-28(9-11-29)19-5-3-2-4-18(19)23/h2-5,16H,6-15H2,1H3,(H,24,30). The molecule has 2 aliphatic heterocycles. The number of anilines is 2. The number of carbonyl (C=O) groups excluding carboxylic acids is 1. The molecule has 1 aromatic heterocycles. The molecule has 1 N–H and O–H groups in total. The third-order valence-corrected chi connectivity index (χ3v) is 5.75. The van der Waals surface area contributed by atoms with E-state index in [1.807, 2.05) is 15.9 Å². The molecule has 172 valence electrons. The maximum Gasteiger partial charge on any atom is 0.258 e. The molecule has 0 bridgehead atoms. The molecule has 1 aromatic carbocycles. The summed E-state index contributed by atoms with van der Waals surface area (Å²) in [5, 5.41) is 2.91. The molecule has 4 rings (SSSR count). The predicted molar refractivity (Wildman–Crippen MR) is 119 cm³/mol. The first-order valence-electron chi connectivity index (χ1n) is 10.9. The Morgan fingerprint density at radius 2 is 1.84 bits per heavy atom. The van der Waals surface area contributed by atoms with Crippen molar-refractivity contribution in [3.63, 3.8) is 0 Å². The van der Waals surface area contributed by atoms with E-state index in [0.29, 0.717) is 49.9 Å². The van der Waals surface area contributed by atoms with E-state index in [2.05, 4.69) is 20.2 Å². The Morgan fingerprint density at radius 3 is 2.56 bits per heavy atom. The molecule has 3 heterocycles. The number of methoxy groups -OCH3 is 1. The van der Waals surface area contributed by atoms with E-state index in [1.165, 1.54) is 19.4 Å². The zero-order valence-electron chi connectivity index (χ0n) is 18.3. The van der Waals surface area contributed by atoms with Gasteiger partial charge in [0.05, 0.1) is 26.0 Å². The molecule has 10 heteroatoms. The number of hydrogen-bond acceptors (Lipinski definition) is 8. The largest absolute Gasteiger partial charge is 0.480 e. The third kappa shape index (κ3) is 5.25. The molecule has 2 fully saturated rings. The van der Waals surface area contributed by atoms with Crippen LogP contribution in [-0.2, 0) is 4.74 Å². The summed E-state index contributed by atoms with van der Waals surface area (Å²) in [6.45, 7) is 7.09. The highest BCUT2D eigenvalue weighted by atomic mass is 19.1. The van der Waals surface area contributed by atoms with Gasteiger partial charge in [-0.1, -0.05) is 12.1 Å². The number of nitrogens with one attached hydrogen (secondary N) is 1. The Hall–Kier alpha value is -2.98. The second-order valence-corrected chi connectivity index (χ2v) is 7.73.